The van der Waals surface area contributed by atoms with Gasteiger partial charge in [0, 0.05) is 0 Å². The third kappa shape index (κ3) is 2.87. The number of ether oxygens (including phenoxy) is 1. The minimum atomic E-state index is -0.250. The van der Waals surface area contributed by atoms with Gasteiger partial charge in [-0.3, -0.25) is 10.1 Å². The second-order valence-electron chi connectivity index (χ2n) is 4.05. The third-order valence-corrected chi connectivity index (χ3v) is 2.68. The Bertz CT molecular complexity index is 503. The van der Waals surface area contributed by atoms with Crippen LogP contribution in [-0.4, -0.2) is 29.1 Å². The molecule has 5 heteroatoms. The molecule has 0 saturated heterocycles. The van der Waals surface area contributed by atoms with Gasteiger partial charge in [0.2, 0.25) is 0 Å². The summed E-state index contributed by atoms with van der Waals surface area (Å²) in [4.78, 5) is 18.9. The molecule has 18 heavy (non-hydrogen) atoms. The molecule has 96 valence electrons. The standard InChI is InChI=1S/C13H17N3O2/c1-3-18-12(17)8-14-9(2)13-15-10-6-4-5-7-11(10)16-13/h4-7,9,14H,3,8H2,1-2H3,(H,15,16). The van der Waals surface area contributed by atoms with Crippen LogP contribution in [0.25, 0.3) is 11.0 Å². The average Bonchev–Trinajstić information content (AvgIpc) is 2.80. The Labute approximate surface area is 106 Å². The van der Waals surface area contributed by atoms with Crippen molar-refractivity contribution in [1.82, 2.24) is 15.3 Å². The lowest BCUT2D eigenvalue weighted by atomic mass is 10.3. The number of para-hydroxylation sites is 2. The highest BCUT2D eigenvalue weighted by atomic mass is 16.5. The van der Waals surface area contributed by atoms with E-state index >= 15 is 0 Å². The fourth-order valence-electron chi connectivity index (χ4n) is 1.72. The van der Waals surface area contributed by atoms with Gasteiger partial charge in [-0.25, -0.2) is 4.98 Å². The number of aromatic nitrogens is 2. The first-order chi connectivity index (χ1) is 8.70. The van der Waals surface area contributed by atoms with Gasteiger partial charge in [0.25, 0.3) is 0 Å². The molecule has 1 unspecified atom stereocenters. The van der Waals surface area contributed by atoms with Crippen LogP contribution in [0.1, 0.15) is 25.7 Å². The first-order valence-corrected chi connectivity index (χ1v) is 6.04. The molecule has 0 aliphatic heterocycles. The van der Waals surface area contributed by atoms with E-state index in [-0.39, 0.29) is 18.6 Å². The Morgan fingerprint density at radius 1 is 1.50 bits per heavy atom. The van der Waals surface area contributed by atoms with E-state index in [1.165, 1.54) is 0 Å². The number of H-pyrrole nitrogens is 1. The van der Waals surface area contributed by atoms with Gasteiger partial charge < -0.3 is 9.72 Å². The predicted molar refractivity (Wildman–Crippen MR) is 69.1 cm³/mol. The minimum absolute atomic E-state index is 0.0261. The zero-order chi connectivity index (χ0) is 13.0. The molecule has 5 nitrogen and oxygen atoms in total. The van der Waals surface area contributed by atoms with Gasteiger partial charge in [0.1, 0.15) is 5.82 Å². The summed E-state index contributed by atoms with van der Waals surface area (Å²) in [5.74, 6) is 0.570. The maximum absolute atomic E-state index is 11.2. The molecule has 2 aromatic rings. The number of carbonyl (C=O) groups is 1. The van der Waals surface area contributed by atoms with Gasteiger partial charge >= 0.3 is 5.97 Å². The van der Waals surface area contributed by atoms with E-state index in [1.54, 1.807) is 6.92 Å². The Kier molecular flexibility index (Phi) is 3.94. The van der Waals surface area contributed by atoms with Crippen LogP contribution in [0.3, 0.4) is 0 Å². The van der Waals surface area contributed by atoms with Crippen LogP contribution in [0.15, 0.2) is 24.3 Å². The largest absolute Gasteiger partial charge is 0.465 e. The van der Waals surface area contributed by atoms with Crippen LogP contribution < -0.4 is 5.32 Å². The SMILES string of the molecule is CCOC(=O)CNC(C)c1nc2ccccc2[nH]1. The van der Waals surface area contributed by atoms with Crippen molar-refractivity contribution in [3.63, 3.8) is 0 Å². The number of carbonyl (C=O) groups excluding carboxylic acids is 1. The lowest BCUT2D eigenvalue weighted by molar-refractivity contribution is -0.142. The zero-order valence-electron chi connectivity index (χ0n) is 10.6. The average molecular weight is 247 g/mol. The second kappa shape index (κ2) is 5.64. The lowest BCUT2D eigenvalue weighted by Gasteiger charge is -2.10. The summed E-state index contributed by atoms with van der Waals surface area (Å²) in [6.45, 7) is 4.34. The topological polar surface area (TPSA) is 67.0 Å². The number of rotatable bonds is 5. The van der Waals surface area contributed by atoms with Crippen LogP contribution in [-0.2, 0) is 9.53 Å². The molecule has 1 aromatic carbocycles. The monoisotopic (exact) mass is 247 g/mol. The van der Waals surface area contributed by atoms with Gasteiger partial charge in [-0.2, -0.15) is 0 Å². The molecular formula is C13H17N3O2. The van der Waals surface area contributed by atoms with E-state index in [1.807, 2.05) is 31.2 Å². The van der Waals surface area contributed by atoms with Crippen LogP contribution >= 0.6 is 0 Å². The zero-order valence-corrected chi connectivity index (χ0v) is 10.6. The summed E-state index contributed by atoms with van der Waals surface area (Å²) in [6.07, 6.45) is 0. The quantitative estimate of drug-likeness (QED) is 0.790. The maximum atomic E-state index is 11.2. The van der Waals surface area contributed by atoms with Crippen molar-refractivity contribution >= 4 is 17.0 Å². The van der Waals surface area contributed by atoms with E-state index in [2.05, 4.69) is 15.3 Å². The minimum Gasteiger partial charge on any atom is -0.465 e. The number of hydrogen-bond acceptors (Lipinski definition) is 4. The molecule has 0 aliphatic carbocycles. The first kappa shape index (κ1) is 12.6. The highest BCUT2D eigenvalue weighted by molar-refractivity contribution is 5.75. The summed E-state index contributed by atoms with van der Waals surface area (Å²) < 4.78 is 4.86. The molecule has 1 heterocycles. The van der Waals surface area contributed by atoms with Crippen molar-refractivity contribution in [2.45, 2.75) is 19.9 Å². The Hall–Kier alpha value is -1.88. The highest BCUT2D eigenvalue weighted by Crippen LogP contribution is 2.15. The number of hydrogen-bond donors (Lipinski definition) is 2. The molecule has 0 amide bonds. The number of aromatic amines is 1. The Morgan fingerprint density at radius 3 is 3.00 bits per heavy atom. The van der Waals surface area contributed by atoms with Crippen molar-refractivity contribution in [3.8, 4) is 0 Å². The van der Waals surface area contributed by atoms with Crippen molar-refractivity contribution in [1.29, 1.82) is 0 Å². The van der Waals surface area contributed by atoms with Crippen LogP contribution in [0.2, 0.25) is 0 Å². The van der Waals surface area contributed by atoms with E-state index in [9.17, 15) is 4.79 Å². The molecule has 1 aromatic heterocycles. The van der Waals surface area contributed by atoms with E-state index in [0.29, 0.717) is 6.61 Å². The molecule has 0 aliphatic rings. The fourth-order valence-corrected chi connectivity index (χ4v) is 1.72. The first-order valence-electron chi connectivity index (χ1n) is 6.04. The molecule has 0 saturated carbocycles. The van der Waals surface area contributed by atoms with E-state index < -0.39 is 0 Å². The van der Waals surface area contributed by atoms with Crippen molar-refractivity contribution < 1.29 is 9.53 Å². The molecule has 0 radical (unpaired) electrons. The lowest BCUT2D eigenvalue weighted by Crippen LogP contribution is -2.27. The fraction of sp³-hybridized carbons (Fsp3) is 0.385. The Morgan fingerprint density at radius 2 is 2.28 bits per heavy atom. The van der Waals surface area contributed by atoms with Gasteiger partial charge in [0.15, 0.2) is 0 Å². The smallest absolute Gasteiger partial charge is 0.319 e. The summed E-state index contributed by atoms with van der Waals surface area (Å²) in [6, 6.07) is 7.81. The summed E-state index contributed by atoms with van der Waals surface area (Å²) in [7, 11) is 0. The van der Waals surface area contributed by atoms with Crippen LogP contribution in [0, 0.1) is 0 Å². The van der Waals surface area contributed by atoms with Crippen LogP contribution in [0.5, 0.6) is 0 Å². The number of esters is 1. The van der Waals surface area contributed by atoms with Gasteiger partial charge in [-0.15, -0.1) is 0 Å². The van der Waals surface area contributed by atoms with E-state index in [0.717, 1.165) is 16.9 Å². The maximum Gasteiger partial charge on any atom is 0.319 e. The van der Waals surface area contributed by atoms with Crippen molar-refractivity contribution in [2.75, 3.05) is 13.2 Å². The molecule has 2 N–H and O–H groups in total. The van der Waals surface area contributed by atoms with Crippen molar-refractivity contribution in [2.24, 2.45) is 0 Å². The molecule has 2 rings (SSSR count). The van der Waals surface area contributed by atoms with Crippen LogP contribution in [0.4, 0.5) is 0 Å². The van der Waals surface area contributed by atoms with Crippen molar-refractivity contribution in [3.05, 3.63) is 30.1 Å². The molecule has 0 spiro atoms. The predicted octanol–water partition coefficient (Wildman–Crippen LogP) is 1.78. The van der Waals surface area contributed by atoms with Gasteiger partial charge in [-0.05, 0) is 26.0 Å². The molecule has 0 bridgehead atoms. The Balaban J connectivity index is 2.00. The number of benzene rings is 1. The normalized spacial score (nSPS) is 12.6. The molecular weight excluding hydrogens is 230 g/mol. The third-order valence-electron chi connectivity index (χ3n) is 2.68. The number of imidazole rings is 1. The highest BCUT2D eigenvalue weighted by Gasteiger charge is 2.11. The number of nitrogens with one attached hydrogen (secondary N) is 2. The second-order valence-corrected chi connectivity index (χ2v) is 4.05. The number of nitrogens with zero attached hydrogens (tertiary/aromatic N) is 1. The molecule has 1 atom stereocenters. The molecule has 0 fully saturated rings. The number of fused-ring (bicyclic) bond motifs is 1. The van der Waals surface area contributed by atoms with Gasteiger partial charge in [0.05, 0.1) is 30.2 Å². The summed E-state index contributed by atoms with van der Waals surface area (Å²) in [5.41, 5.74) is 1.93. The summed E-state index contributed by atoms with van der Waals surface area (Å²) >= 11 is 0. The summed E-state index contributed by atoms with van der Waals surface area (Å²) in [5, 5.41) is 3.08. The van der Waals surface area contributed by atoms with E-state index in [4.69, 9.17) is 4.74 Å². The van der Waals surface area contributed by atoms with Gasteiger partial charge in [-0.1, -0.05) is 12.1 Å².